The summed E-state index contributed by atoms with van der Waals surface area (Å²) in [4.78, 5) is 14.0. The third kappa shape index (κ3) is 1.16. The summed E-state index contributed by atoms with van der Waals surface area (Å²) in [6.45, 7) is 3.01. The highest BCUT2D eigenvalue weighted by atomic mass is 16.1. The Morgan fingerprint density at radius 1 is 1.58 bits per heavy atom. The zero-order valence-corrected chi connectivity index (χ0v) is 7.05. The van der Waals surface area contributed by atoms with Gasteiger partial charge in [0.15, 0.2) is 0 Å². The van der Waals surface area contributed by atoms with Crippen molar-refractivity contribution in [2.45, 2.75) is 19.4 Å². The van der Waals surface area contributed by atoms with E-state index in [1.54, 1.807) is 6.20 Å². The molecule has 1 unspecified atom stereocenters. The topological polar surface area (TPSA) is 44.9 Å². The molecule has 1 aliphatic heterocycles. The van der Waals surface area contributed by atoms with Crippen molar-refractivity contribution < 1.29 is 0 Å². The molecule has 1 aliphatic rings. The molecule has 1 aromatic rings. The van der Waals surface area contributed by atoms with Crippen LogP contribution in [0.5, 0.6) is 0 Å². The van der Waals surface area contributed by atoms with E-state index in [9.17, 15) is 4.79 Å². The van der Waals surface area contributed by atoms with Gasteiger partial charge in [-0.2, -0.15) is 0 Å². The third-order valence-electron chi connectivity index (χ3n) is 2.28. The standard InChI is InChI=1S/C9H12N2O/c1-6-4-7(8-2-3-10-8)9(12)11-5-6/h4-5,8,10H,2-3H2,1H3,(H,11,12). The van der Waals surface area contributed by atoms with Crippen LogP contribution in [-0.4, -0.2) is 11.5 Å². The van der Waals surface area contributed by atoms with Crippen LogP contribution in [0.3, 0.4) is 0 Å². The van der Waals surface area contributed by atoms with Gasteiger partial charge in [-0.15, -0.1) is 0 Å². The first-order valence-corrected chi connectivity index (χ1v) is 4.20. The van der Waals surface area contributed by atoms with E-state index in [4.69, 9.17) is 0 Å². The van der Waals surface area contributed by atoms with Gasteiger partial charge in [-0.05, 0) is 31.5 Å². The highest BCUT2D eigenvalue weighted by molar-refractivity contribution is 5.21. The molecule has 12 heavy (non-hydrogen) atoms. The summed E-state index contributed by atoms with van der Waals surface area (Å²) in [7, 11) is 0. The minimum absolute atomic E-state index is 0.0396. The van der Waals surface area contributed by atoms with Crippen LogP contribution in [-0.2, 0) is 0 Å². The van der Waals surface area contributed by atoms with Crippen molar-refractivity contribution in [3.05, 3.63) is 33.7 Å². The summed E-state index contributed by atoms with van der Waals surface area (Å²) in [5.74, 6) is 0. The first-order chi connectivity index (χ1) is 5.77. The molecule has 0 bridgehead atoms. The Labute approximate surface area is 70.8 Å². The van der Waals surface area contributed by atoms with Gasteiger partial charge in [0, 0.05) is 17.8 Å². The van der Waals surface area contributed by atoms with Crippen molar-refractivity contribution in [2.75, 3.05) is 6.54 Å². The SMILES string of the molecule is Cc1c[nH]c(=O)c(C2CCN2)c1. The van der Waals surface area contributed by atoms with Crippen LogP contribution in [0, 0.1) is 6.92 Å². The fraction of sp³-hybridized carbons (Fsp3) is 0.444. The lowest BCUT2D eigenvalue weighted by Crippen LogP contribution is -2.38. The molecule has 0 aliphatic carbocycles. The Hall–Kier alpha value is -1.09. The number of aromatic nitrogens is 1. The molecule has 2 heterocycles. The molecule has 2 N–H and O–H groups in total. The van der Waals surface area contributed by atoms with E-state index < -0.39 is 0 Å². The third-order valence-corrected chi connectivity index (χ3v) is 2.28. The fourth-order valence-corrected chi connectivity index (χ4v) is 1.43. The second-order valence-corrected chi connectivity index (χ2v) is 3.26. The van der Waals surface area contributed by atoms with Crippen LogP contribution in [0.15, 0.2) is 17.1 Å². The number of hydrogen-bond donors (Lipinski definition) is 2. The van der Waals surface area contributed by atoms with Gasteiger partial charge in [-0.1, -0.05) is 0 Å². The molecule has 1 atom stereocenters. The average Bonchev–Trinajstić information content (AvgIpc) is 1.93. The second-order valence-electron chi connectivity index (χ2n) is 3.26. The predicted molar refractivity (Wildman–Crippen MR) is 47.2 cm³/mol. The Balaban J connectivity index is 2.40. The monoisotopic (exact) mass is 164 g/mol. The number of aromatic amines is 1. The Bertz CT molecular complexity index is 339. The lowest BCUT2D eigenvalue weighted by Gasteiger charge is -2.27. The van der Waals surface area contributed by atoms with Crippen LogP contribution < -0.4 is 10.9 Å². The number of hydrogen-bond acceptors (Lipinski definition) is 2. The molecule has 0 aromatic carbocycles. The highest BCUT2D eigenvalue weighted by Crippen LogP contribution is 2.19. The van der Waals surface area contributed by atoms with Crippen LogP contribution in [0.2, 0.25) is 0 Å². The average molecular weight is 164 g/mol. The lowest BCUT2D eigenvalue weighted by molar-refractivity contribution is 0.380. The van der Waals surface area contributed by atoms with Gasteiger partial charge >= 0.3 is 0 Å². The number of rotatable bonds is 1. The molecule has 0 spiro atoms. The molecule has 64 valence electrons. The number of aryl methyl sites for hydroxylation is 1. The van der Waals surface area contributed by atoms with Gasteiger partial charge in [0.05, 0.1) is 0 Å². The van der Waals surface area contributed by atoms with Gasteiger partial charge in [-0.25, -0.2) is 0 Å². The zero-order valence-electron chi connectivity index (χ0n) is 7.05. The largest absolute Gasteiger partial charge is 0.329 e. The van der Waals surface area contributed by atoms with E-state index in [0.29, 0.717) is 0 Å². The summed E-state index contributed by atoms with van der Waals surface area (Å²) in [5, 5.41) is 3.21. The summed E-state index contributed by atoms with van der Waals surface area (Å²) >= 11 is 0. The van der Waals surface area contributed by atoms with Crippen molar-refractivity contribution in [1.29, 1.82) is 0 Å². The number of pyridine rings is 1. The molecule has 1 saturated heterocycles. The van der Waals surface area contributed by atoms with Crippen LogP contribution >= 0.6 is 0 Å². The lowest BCUT2D eigenvalue weighted by atomic mass is 9.98. The van der Waals surface area contributed by atoms with Gasteiger partial charge in [0.1, 0.15) is 0 Å². The zero-order chi connectivity index (χ0) is 8.55. The number of H-pyrrole nitrogens is 1. The molecule has 1 aromatic heterocycles. The Morgan fingerprint density at radius 3 is 2.92 bits per heavy atom. The molecule has 3 nitrogen and oxygen atoms in total. The smallest absolute Gasteiger partial charge is 0.252 e. The minimum Gasteiger partial charge on any atom is -0.329 e. The van der Waals surface area contributed by atoms with Gasteiger partial charge in [-0.3, -0.25) is 4.79 Å². The maximum atomic E-state index is 11.3. The van der Waals surface area contributed by atoms with Crippen molar-refractivity contribution >= 4 is 0 Å². The van der Waals surface area contributed by atoms with Gasteiger partial charge in [0.2, 0.25) is 0 Å². The van der Waals surface area contributed by atoms with Crippen LogP contribution in [0.25, 0.3) is 0 Å². The van der Waals surface area contributed by atoms with E-state index in [2.05, 4.69) is 10.3 Å². The predicted octanol–water partition coefficient (Wildman–Crippen LogP) is 0.718. The highest BCUT2D eigenvalue weighted by Gasteiger charge is 2.20. The van der Waals surface area contributed by atoms with Crippen molar-refractivity contribution in [2.24, 2.45) is 0 Å². The first-order valence-electron chi connectivity index (χ1n) is 4.20. The molecular weight excluding hydrogens is 152 g/mol. The van der Waals surface area contributed by atoms with E-state index in [1.165, 1.54) is 0 Å². The first kappa shape index (κ1) is 7.55. The molecular formula is C9H12N2O. The summed E-state index contributed by atoms with van der Waals surface area (Å²) in [6.07, 6.45) is 2.82. The minimum atomic E-state index is 0.0396. The summed E-state index contributed by atoms with van der Waals surface area (Å²) in [5.41, 5.74) is 2.03. The maximum Gasteiger partial charge on any atom is 0.252 e. The van der Waals surface area contributed by atoms with Crippen molar-refractivity contribution in [1.82, 2.24) is 10.3 Å². The molecule has 2 rings (SSSR count). The second kappa shape index (κ2) is 2.75. The van der Waals surface area contributed by atoms with Gasteiger partial charge in [0.25, 0.3) is 5.56 Å². The van der Waals surface area contributed by atoms with Crippen molar-refractivity contribution in [3.8, 4) is 0 Å². The summed E-state index contributed by atoms with van der Waals surface area (Å²) < 4.78 is 0. The van der Waals surface area contributed by atoms with E-state index in [1.807, 2.05) is 13.0 Å². The fourth-order valence-electron chi connectivity index (χ4n) is 1.43. The molecule has 3 heteroatoms. The Morgan fingerprint density at radius 2 is 2.33 bits per heavy atom. The van der Waals surface area contributed by atoms with E-state index >= 15 is 0 Å². The molecule has 0 radical (unpaired) electrons. The molecule has 0 amide bonds. The maximum absolute atomic E-state index is 11.3. The molecule has 1 fully saturated rings. The quantitative estimate of drug-likeness (QED) is 0.642. The van der Waals surface area contributed by atoms with Crippen LogP contribution in [0.1, 0.15) is 23.6 Å². The van der Waals surface area contributed by atoms with Crippen LogP contribution in [0.4, 0.5) is 0 Å². The van der Waals surface area contributed by atoms with Crippen molar-refractivity contribution in [3.63, 3.8) is 0 Å². The Kier molecular flexibility index (Phi) is 1.73. The summed E-state index contributed by atoms with van der Waals surface area (Å²) in [6, 6.07) is 2.24. The number of nitrogens with one attached hydrogen (secondary N) is 2. The molecule has 0 saturated carbocycles. The van der Waals surface area contributed by atoms with E-state index in [-0.39, 0.29) is 11.6 Å². The van der Waals surface area contributed by atoms with Gasteiger partial charge < -0.3 is 10.3 Å². The van der Waals surface area contributed by atoms with E-state index in [0.717, 1.165) is 24.1 Å². The normalized spacial score (nSPS) is 21.9.